The number of piperazine rings is 1. The van der Waals surface area contributed by atoms with Crippen LogP contribution < -0.4 is 0 Å². The second-order valence-electron chi connectivity index (χ2n) is 5.33. The minimum Gasteiger partial charge on any atom is -0.395 e. The summed E-state index contributed by atoms with van der Waals surface area (Å²) in [6.07, 6.45) is 0. The molecule has 1 aliphatic rings. The average molecular weight is 311 g/mol. The first-order chi connectivity index (χ1) is 10.2. The average Bonchev–Trinajstić information content (AvgIpc) is 3.00. The fourth-order valence-electron chi connectivity index (χ4n) is 2.56. The van der Waals surface area contributed by atoms with Crippen molar-refractivity contribution < 1.29 is 9.90 Å². The molecule has 1 aliphatic heterocycles. The summed E-state index contributed by atoms with van der Waals surface area (Å²) in [7, 11) is 0. The van der Waals surface area contributed by atoms with Crippen molar-refractivity contribution in [3.8, 4) is 0 Å². The van der Waals surface area contributed by atoms with E-state index in [1.165, 1.54) is 4.88 Å². The van der Waals surface area contributed by atoms with E-state index in [0.717, 1.165) is 39.3 Å². The number of likely N-dealkylation sites (N-methyl/N-ethyl adjacent to an activating group) is 1. The second-order valence-corrected chi connectivity index (χ2v) is 6.36. The van der Waals surface area contributed by atoms with Gasteiger partial charge < -0.3 is 10.0 Å². The van der Waals surface area contributed by atoms with Gasteiger partial charge in [0, 0.05) is 44.1 Å². The summed E-state index contributed by atoms with van der Waals surface area (Å²) in [6.45, 7) is 8.39. The van der Waals surface area contributed by atoms with Gasteiger partial charge in [-0.3, -0.25) is 14.6 Å². The number of carbonyl (C=O) groups excluding carboxylic acids is 1. The summed E-state index contributed by atoms with van der Waals surface area (Å²) in [5.41, 5.74) is 0. The molecule has 5 nitrogen and oxygen atoms in total. The van der Waals surface area contributed by atoms with Crippen molar-refractivity contribution in [3.63, 3.8) is 0 Å². The Bertz CT molecular complexity index is 417. The second kappa shape index (κ2) is 8.48. The largest absolute Gasteiger partial charge is 0.395 e. The van der Waals surface area contributed by atoms with E-state index in [9.17, 15) is 4.79 Å². The molecule has 1 saturated heterocycles. The molecule has 118 valence electrons. The molecule has 0 radical (unpaired) electrons. The van der Waals surface area contributed by atoms with Crippen molar-refractivity contribution in [1.29, 1.82) is 0 Å². The number of aliphatic hydroxyl groups is 1. The molecule has 1 fully saturated rings. The van der Waals surface area contributed by atoms with E-state index in [1.54, 1.807) is 11.3 Å². The van der Waals surface area contributed by atoms with Crippen LogP contribution in [0.3, 0.4) is 0 Å². The van der Waals surface area contributed by atoms with Gasteiger partial charge >= 0.3 is 0 Å². The third-order valence-electron chi connectivity index (χ3n) is 3.91. The van der Waals surface area contributed by atoms with Crippen LogP contribution in [0.25, 0.3) is 0 Å². The Morgan fingerprint density at radius 3 is 2.71 bits per heavy atom. The van der Waals surface area contributed by atoms with Crippen molar-refractivity contribution >= 4 is 17.2 Å². The van der Waals surface area contributed by atoms with Crippen LogP contribution in [0.1, 0.15) is 11.8 Å². The molecular formula is C15H25N3O2S. The van der Waals surface area contributed by atoms with Crippen LogP contribution in [0.4, 0.5) is 0 Å². The molecule has 0 bridgehead atoms. The summed E-state index contributed by atoms with van der Waals surface area (Å²) < 4.78 is 0. The fourth-order valence-corrected chi connectivity index (χ4v) is 3.31. The fraction of sp³-hybridized carbons (Fsp3) is 0.667. The van der Waals surface area contributed by atoms with E-state index in [0.29, 0.717) is 13.1 Å². The Labute approximate surface area is 130 Å². The molecule has 1 aromatic heterocycles. The van der Waals surface area contributed by atoms with Crippen LogP contribution in [0.2, 0.25) is 0 Å². The zero-order valence-electron chi connectivity index (χ0n) is 12.7. The maximum Gasteiger partial charge on any atom is 0.236 e. The molecule has 0 spiro atoms. The number of aliphatic hydroxyl groups excluding tert-OH is 1. The minimum atomic E-state index is 0.107. The van der Waals surface area contributed by atoms with Gasteiger partial charge in [-0.05, 0) is 18.0 Å². The van der Waals surface area contributed by atoms with E-state index in [2.05, 4.69) is 22.4 Å². The number of thiophene rings is 1. The number of hydrogen-bond donors (Lipinski definition) is 1. The molecule has 2 rings (SSSR count). The molecule has 0 unspecified atom stereocenters. The van der Waals surface area contributed by atoms with E-state index in [-0.39, 0.29) is 12.5 Å². The smallest absolute Gasteiger partial charge is 0.236 e. The Morgan fingerprint density at radius 1 is 1.38 bits per heavy atom. The van der Waals surface area contributed by atoms with Crippen LogP contribution in [-0.2, 0) is 11.3 Å². The van der Waals surface area contributed by atoms with E-state index in [4.69, 9.17) is 5.11 Å². The third-order valence-corrected chi connectivity index (χ3v) is 4.77. The molecule has 1 aromatic rings. The standard InChI is InChI=1S/C15H25N3O2S/c1-2-16(9-10-19)13-15(20)18-7-5-17(6-8-18)12-14-4-3-11-21-14/h3-4,11,19H,2,5-10,12-13H2,1H3. The van der Waals surface area contributed by atoms with Gasteiger partial charge in [0.2, 0.25) is 5.91 Å². The van der Waals surface area contributed by atoms with Gasteiger partial charge in [-0.2, -0.15) is 0 Å². The van der Waals surface area contributed by atoms with Crippen molar-refractivity contribution in [3.05, 3.63) is 22.4 Å². The van der Waals surface area contributed by atoms with Gasteiger partial charge in [0.1, 0.15) is 0 Å². The number of nitrogens with zero attached hydrogens (tertiary/aromatic N) is 3. The highest BCUT2D eigenvalue weighted by Gasteiger charge is 2.22. The van der Waals surface area contributed by atoms with Crippen LogP contribution in [0, 0.1) is 0 Å². The zero-order chi connectivity index (χ0) is 15.1. The Morgan fingerprint density at radius 2 is 2.14 bits per heavy atom. The van der Waals surface area contributed by atoms with Crippen LogP contribution in [0.5, 0.6) is 0 Å². The summed E-state index contributed by atoms with van der Waals surface area (Å²) in [6, 6.07) is 4.25. The maximum atomic E-state index is 12.3. The van der Waals surface area contributed by atoms with E-state index >= 15 is 0 Å². The van der Waals surface area contributed by atoms with Crippen molar-refractivity contribution in [1.82, 2.24) is 14.7 Å². The Hall–Kier alpha value is -0.950. The number of amides is 1. The lowest BCUT2D eigenvalue weighted by Crippen LogP contribution is -2.51. The first-order valence-electron chi connectivity index (χ1n) is 7.58. The monoisotopic (exact) mass is 311 g/mol. The Kier molecular flexibility index (Phi) is 6.63. The first-order valence-corrected chi connectivity index (χ1v) is 8.46. The normalized spacial score (nSPS) is 16.6. The van der Waals surface area contributed by atoms with E-state index < -0.39 is 0 Å². The van der Waals surface area contributed by atoms with Gasteiger partial charge in [0.15, 0.2) is 0 Å². The van der Waals surface area contributed by atoms with Crippen molar-refractivity contribution in [2.45, 2.75) is 13.5 Å². The lowest BCUT2D eigenvalue weighted by molar-refractivity contribution is -0.134. The summed E-state index contributed by atoms with van der Waals surface area (Å²) in [4.78, 5) is 20.0. The molecule has 6 heteroatoms. The minimum absolute atomic E-state index is 0.107. The summed E-state index contributed by atoms with van der Waals surface area (Å²) in [5, 5.41) is 11.1. The molecule has 0 aromatic carbocycles. The van der Waals surface area contributed by atoms with Crippen molar-refractivity contribution in [2.75, 3.05) is 52.4 Å². The topological polar surface area (TPSA) is 47.0 Å². The van der Waals surface area contributed by atoms with Crippen LogP contribution in [0.15, 0.2) is 17.5 Å². The predicted octanol–water partition coefficient (Wildman–Crippen LogP) is 0.707. The lowest BCUT2D eigenvalue weighted by atomic mass is 10.3. The maximum absolute atomic E-state index is 12.3. The Balaban J connectivity index is 1.73. The highest BCUT2D eigenvalue weighted by molar-refractivity contribution is 7.09. The molecular weight excluding hydrogens is 286 g/mol. The van der Waals surface area contributed by atoms with Gasteiger partial charge in [-0.1, -0.05) is 13.0 Å². The molecule has 1 N–H and O–H groups in total. The quantitative estimate of drug-likeness (QED) is 0.805. The van der Waals surface area contributed by atoms with Crippen molar-refractivity contribution in [2.24, 2.45) is 0 Å². The summed E-state index contributed by atoms with van der Waals surface area (Å²) in [5.74, 6) is 0.182. The number of hydrogen-bond acceptors (Lipinski definition) is 5. The summed E-state index contributed by atoms with van der Waals surface area (Å²) >= 11 is 1.79. The van der Waals surface area contributed by atoms with Gasteiger partial charge in [0.05, 0.1) is 13.2 Å². The molecule has 1 amide bonds. The number of rotatable bonds is 7. The molecule has 0 saturated carbocycles. The lowest BCUT2D eigenvalue weighted by Gasteiger charge is -2.35. The van der Waals surface area contributed by atoms with Crippen LogP contribution >= 0.6 is 11.3 Å². The predicted molar refractivity (Wildman–Crippen MR) is 85.4 cm³/mol. The van der Waals surface area contributed by atoms with Crippen LogP contribution in [-0.4, -0.2) is 78.1 Å². The SMILES string of the molecule is CCN(CCO)CC(=O)N1CCN(Cc2cccs2)CC1. The zero-order valence-corrected chi connectivity index (χ0v) is 13.5. The van der Waals surface area contributed by atoms with Gasteiger partial charge in [-0.15, -0.1) is 11.3 Å². The van der Waals surface area contributed by atoms with Gasteiger partial charge in [-0.25, -0.2) is 0 Å². The van der Waals surface area contributed by atoms with E-state index in [1.807, 2.05) is 16.7 Å². The number of carbonyl (C=O) groups is 1. The molecule has 21 heavy (non-hydrogen) atoms. The highest BCUT2D eigenvalue weighted by Crippen LogP contribution is 2.13. The highest BCUT2D eigenvalue weighted by atomic mass is 32.1. The molecule has 0 aliphatic carbocycles. The molecule has 2 heterocycles. The molecule has 0 atom stereocenters. The first kappa shape index (κ1) is 16.4. The third kappa shape index (κ3) is 5.07. The van der Waals surface area contributed by atoms with Gasteiger partial charge in [0.25, 0.3) is 0 Å².